The predicted molar refractivity (Wildman–Crippen MR) is 130 cm³/mol. The van der Waals surface area contributed by atoms with Gasteiger partial charge in [-0.1, -0.05) is 76.6 Å². The molecule has 2 aromatic rings. The number of ether oxygens (including phenoxy) is 4. The summed E-state index contributed by atoms with van der Waals surface area (Å²) in [7, 11) is 0. The molecule has 0 radical (unpaired) electrons. The molecule has 8 atom stereocenters. The molecule has 0 unspecified atom stereocenters. The van der Waals surface area contributed by atoms with Gasteiger partial charge in [0.1, 0.15) is 24.4 Å². The Morgan fingerprint density at radius 3 is 1.88 bits per heavy atom. The normalized spacial score (nSPS) is 33.6. The number of alkyl halides is 1. The zero-order valence-corrected chi connectivity index (χ0v) is 21.2. The molecular formula is C27H31BrO6. The molecule has 0 spiro atoms. The van der Waals surface area contributed by atoms with Gasteiger partial charge in [0.05, 0.1) is 12.2 Å². The van der Waals surface area contributed by atoms with Gasteiger partial charge in [0.2, 0.25) is 0 Å². The second-order valence-electron chi connectivity index (χ2n) is 9.08. The van der Waals surface area contributed by atoms with Crippen LogP contribution in [0.4, 0.5) is 0 Å². The molecular weight excluding hydrogens is 500 g/mol. The van der Waals surface area contributed by atoms with Crippen LogP contribution in [0.2, 0.25) is 0 Å². The second kappa shape index (κ2) is 11.0. The van der Waals surface area contributed by atoms with Crippen LogP contribution in [0.25, 0.3) is 0 Å². The zero-order valence-electron chi connectivity index (χ0n) is 19.6. The monoisotopic (exact) mass is 530 g/mol. The van der Waals surface area contributed by atoms with Crippen LogP contribution in [0.15, 0.2) is 60.7 Å². The van der Waals surface area contributed by atoms with Crippen molar-refractivity contribution in [2.24, 2.45) is 5.92 Å². The minimum atomic E-state index is -0.615. The Hall–Kier alpha value is -2.22. The van der Waals surface area contributed by atoms with Gasteiger partial charge < -0.3 is 18.9 Å². The average molecular weight is 531 g/mol. The fourth-order valence-electron chi connectivity index (χ4n) is 5.15. The van der Waals surface area contributed by atoms with Crippen LogP contribution < -0.4 is 0 Å². The molecule has 1 saturated heterocycles. The van der Waals surface area contributed by atoms with Crippen LogP contribution in [0.5, 0.6) is 0 Å². The van der Waals surface area contributed by atoms with Gasteiger partial charge in [-0.2, -0.15) is 0 Å². The van der Waals surface area contributed by atoms with Gasteiger partial charge in [-0.05, 0) is 24.5 Å². The van der Waals surface area contributed by atoms with Crippen LogP contribution in [0.3, 0.4) is 0 Å². The van der Waals surface area contributed by atoms with Crippen molar-refractivity contribution in [3.05, 3.63) is 71.8 Å². The highest BCUT2D eigenvalue weighted by Gasteiger charge is 2.51. The fraction of sp³-hybridized carbons (Fsp3) is 0.481. The van der Waals surface area contributed by atoms with Crippen molar-refractivity contribution in [3.63, 3.8) is 0 Å². The predicted octanol–water partition coefficient (Wildman–Crippen LogP) is 5.31. The third-order valence-electron chi connectivity index (χ3n) is 6.46. The molecule has 34 heavy (non-hydrogen) atoms. The molecule has 0 aromatic heterocycles. The minimum absolute atomic E-state index is 0.0957. The van der Waals surface area contributed by atoms with Gasteiger partial charge in [-0.15, -0.1) is 0 Å². The lowest BCUT2D eigenvalue weighted by Gasteiger charge is -2.48. The van der Waals surface area contributed by atoms with E-state index in [2.05, 4.69) is 28.1 Å². The van der Waals surface area contributed by atoms with Crippen LogP contribution >= 0.6 is 15.9 Å². The molecule has 1 saturated carbocycles. The number of esters is 2. The first-order chi connectivity index (χ1) is 16.3. The van der Waals surface area contributed by atoms with E-state index in [9.17, 15) is 9.59 Å². The quantitative estimate of drug-likeness (QED) is 0.394. The summed E-state index contributed by atoms with van der Waals surface area (Å²) in [6.45, 7) is 4.78. The number of carbonyl (C=O) groups excluding carboxylic acids is 2. The maximum Gasteiger partial charge on any atom is 0.303 e. The Morgan fingerprint density at radius 2 is 1.35 bits per heavy atom. The van der Waals surface area contributed by atoms with E-state index in [1.165, 1.54) is 13.8 Å². The lowest BCUT2D eigenvalue weighted by atomic mass is 9.77. The van der Waals surface area contributed by atoms with Crippen molar-refractivity contribution in [2.75, 3.05) is 0 Å². The van der Waals surface area contributed by atoms with Gasteiger partial charge in [0, 0.05) is 31.0 Å². The van der Waals surface area contributed by atoms with Crippen LogP contribution in [0.1, 0.15) is 56.9 Å². The number of carbonyl (C=O) groups is 2. The summed E-state index contributed by atoms with van der Waals surface area (Å²) < 4.78 is 24.8. The Bertz CT molecular complexity index is 968. The van der Waals surface area contributed by atoms with E-state index < -0.39 is 24.1 Å². The van der Waals surface area contributed by atoms with Crippen molar-refractivity contribution in [1.29, 1.82) is 0 Å². The fourth-order valence-corrected chi connectivity index (χ4v) is 6.04. The first kappa shape index (κ1) is 24.9. The number of halogens is 1. The first-order valence-electron chi connectivity index (χ1n) is 11.7. The van der Waals surface area contributed by atoms with E-state index in [1.807, 2.05) is 55.5 Å². The second-order valence-corrected chi connectivity index (χ2v) is 10.3. The van der Waals surface area contributed by atoms with E-state index in [0.29, 0.717) is 12.8 Å². The molecule has 7 heteroatoms. The van der Waals surface area contributed by atoms with Gasteiger partial charge >= 0.3 is 11.9 Å². The minimum Gasteiger partial charge on any atom is -0.459 e. The van der Waals surface area contributed by atoms with Crippen molar-refractivity contribution in [1.82, 2.24) is 0 Å². The topological polar surface area (TPSA) is 71.1 Å². The molecule has 182 valence electrons. The standard InChI is InChI=1S/C27H31BrO6/c1-16-14-21-26(22(28)15-23(32-17(2)29)27(21)33-18(3)30)34-25(20-12-8-5-9-13-20)24(31-16)19-10-6-4-7-11-19/h4-13,16,21-27H,14-15H2,1-3H3/t16-,21-,22+,23-,24+,25+,26+,27+/m0/s1. The Kier molecular flexibility index (Phi) is 8.06. The summed E-state index contributed by atoms with van der Waals surface area (Å²) in [6, 6.07) is 20.1. The van der Waals surface area contributed by atoms with Crippen molar-refractivity contribution in [3.8, 4) is 0 Å². The number of hydrogen-bond acceptors (Lipinski definition) is 6. The van der Waals surface area contributed by atoms with E-state index >= 15 is 0 Å². The van der Waals surface area contributed by atoms with Crippen molar-refractivity contribution >= 4 is 27.9 Å². The molecule has 2 aromatic carbocycles. The Morgan fingerprint density at radius 1 is 0.824 bits per heavy atom. The molecule has 6 nitrogen and oxygen atoms in total. The van der Waals surface area contributed by atoms with Crippen molar-refractivity contribution in [2.45, 2.75) is 75.1 Å². The summed E-state index contributed by atoms with van der Waals surface area (Å²) in [6.07, 6.45) is -1.21. The van der Waals surface area contributed by atoms with Gasteiger partial charge in [0.25, 0.3) is 0 Å². The summed E-state index contributed by atoms with van der Waals surface area (Å²) in [4.78, 5) is 23.7. The molecule has 1 aliphatic heterocycles. The van der Waals surface area contributed by atoms with Crippen LogP contribution in [-0.2, 0) is 28.5 Å². The molecule has 4 rings (SSSR count). The number of fused-ring (bicyclic) bond motifs is 1. The number of hydrogen-bond donors (Lipinski definition) is 0. The SMILES string of the molecule is CC(=O)O[C@@H]1[C@H]2C[C@H](C)O[C@H](c3ccccc3)[C@@H](c3ccccc3)O[C@H]2[C@H](Br)C[C@@H]1OC(C)=O. The third kappa shape index (κ3) is 5.70. The highest BCUT2D eigenvalue weighted by atomic mass is 79.9. The molecule has 0 bridgehead atoms. The lowest BCUT2D eigenvalue weighted by molar-refractivity contribution is -0.217. The highest BCUT2D eigenvalue weighted by molar-refractivity contribution is 9.09. The highest BCUT2D eigenvalue weighted by Crippen LogP contribution is 2.46. The molecule has 0 amide bonds. The van der Waals surface area contributed by atoms with E-state index in [1.54, 1.807) is 0 Å². The first-order valence-corrected chi connectivity index (χ1v) is 12.6. The number of benzene rings is 2. The summed E-state index contributed by atoms with van der Waals surface area (Å²) in [5.41, 5.74) is 2.05. The maximum absolute atomic E-state index is 12.0. The molecule has 2 aliphatic rings. The molecule has 1 heterocycles. The van der Waals surface area contributed by atoms with E-state index in [4.69, 9.17) is 18.9 Å². The van der Waals surface area contributed by atoms with E-state index in [0.717, 1.165) is 11.1 Å². The maximum atomic E-state index is 12.0. The number of rotatable bonds is 4. The van der Waals surface area contributed by atoms with E-state index in [-0.39, 0.29) is 35.2 Å². The van der Waals surface area contributed by atoms with Gasteiger partial charge in [-0.25, -0.2) is 0 Å². The smallest absolute Gasteiger partial charge is 0.303 e. The largest absolute Gasteiger partial charge is 0.459 e. The molecule has 2 fully saturated rings. The summed E-state index contributed by atoms with van der Waals surface area (Å²) >= 11 is 3.81. The Balaban J connectivity index is 1.74. The van der Waals surface area contributed by atoms with Gasteiger partial charge in [0.15, 0.2) is 0 Å². The zero-order chi connectivity index (χ0) is 24.2. The lowest BCUT2D eigenvalue weighted by Crippen LogP contribution is -2.56. The molecule has 1 aliphatic carbocycles. The molecule has 0 N–H and O–H groups in total. The Labute approximate surface area is 209 Å². The summed E-state index contributed by atoms with van der Waals surface area (Å²) in [5.74, 6) is -1.03. The van der Waals surface area contributed by atoms with Gasteiger partial charge in [-0.3, -0.25) is 9.59 Å². The summed E-state index contributed by atoms with van der Waals surface area (Å²) in [5, 5.41) is 0. The van der Waals surface area contributed by atoms with Crippen LogP contribution in [0, 0.1) is 5.92 Å². The van der Waals surface area contributed by atoms with Crippen LogP contribution in [-0.4, -0.2) is 41.2 Å². The average Bonchev–Trinajstić information content (AvgIpc) is 2.79. The third-order valence-corrected chi connectivity index (χ3v) is 7.36. The van der Waals surface area contributed by atoms with Crippen molar-refractivity contribution < 1.29 is 28.5 Å².